The van der Waals surface area contributed by atoms with Crippen LogP contribution in [-0.4, -0.2) is 24.5 Å². The second kappa shape index (κ2) is 5.82. The lowest BCUT2D eigenvalue weighted by Crippen LogP contribution is -2.14. The van der Waals surface area contributed by atoms with Gasteiger partial charge in [0.15, 0.2) is 0 Å². The van der Waals surface area contributed by atoms with Gasteiger partial charge in [-0.1, -0.05) is 23.9 Å². The van der Waals surface area contributed by atoms with E-state index in [1.807, 2.05) is 0 Å². The fourth-order valence-electron chi connectivity index (χ4n) is 2.27. The van der Waals surface area contributed by atoms with Crippen molar-refractivity contribution in [3.63, 3.8) is 0 Å². The third-order valence-electron chi connectivity index (χ3n) is 3.35. The number of carbonyl (C=O) groups is 1. The van der Waals surface area contributed by atoms with Crippen molar-refractivity contribution in [1.29, 1.82) is 0 Å². The summed E-state index contributed by atoms with van der Waals surface area (Å²) in [6.45, 7) is 0. The molecule has 3 rings (SSSR count). The molecule has 0 saturated heterocycles. The number of aromatic carboxylic acids is 1. The first kappa shape index (κ1) is 15.8. The Balaban J connectivity index is 2.02. The van der Waals surface area contributed by atoms with Crippen LogP contribution in [0.4, 0.5) is 5.69 Å². The first-order valence-corrected chi connectivity index (χ1v) is 8.28. The number of pyridine rings is 1. The standard InChI is InChI=1S/C16H12N2O5S/c19-13-9-11(6-7-12(13)16(20)21)18-24(22,23)14-5-1-3-10-4-2-8-17-15(10)14/h1-9,18-19H,(H,20,21)/p-1. The highest BCUT2D eigenvalue weighted by atomic mass is 32.2. The van der Waals surface area contributed by atoms with Gasteiger partial charge in [-0.05, 0) is 30.3 Å². The van der Waals surface area contributed by atoms with Gasteiger partial charge in [-0.25, -0.2) is 13.2 Å². The minimum absolute atomic E-state index is 0.0158. The molecule has 2 aromatic carbocycles. The maximum Gasteiger partial charge on any atom is 0.335 e. The molecule has 1 aromatic heterocycles. The third-order valence-corrected chi connectivity index (χ3v) is 4.76. The number of fused-ring (bicyclic) bond motifs is 1. The van der Waals surface area contributed by atoms with Crippen LogP contribution in [0.2, 0.25) is 0 Å². The number of benzene rings is 2. The second-order valence-corrected chi connectivity index (χ2v) is 6.60. The number of carboxylic acids is 1. The van der Waals surface area contributed by atoms with E-state index in [0.717, 1.165) is 12.1 Å². The molecule has 0 aliphatic heterocycles. The van der Waals surface area contributed by atoms with Crippen molar-refractivity contribution in [1.82, 2.24) is 4.98 Å². The molecule has 0 amide bonds. The molecule has 0 unspecified atom stereocenters. The SMILES string of the molecule is O=C(O)c1ccc(NS(=O)(=O)c2cccc3cccnc23)cc1[O-]. The number of carboxylic acid groups (broad SMARTS) is 1. The molecular weight excluding hydrogens is 332 g/mol. The fourth-order valence-corrected chi connectivity index (χ4v) is 3.50. The Morgan fingerprint density at radius 1 is 1.12 bits per heavy atom. The van der Waals surface area contributed by atoms with Crippen molar-refractivity contribution in [2.75, 3.05) is 4.72 Å². The summed E-state index contributed by atoms with van der Waals surface area (Å²) < 4.78 is 27.4. The molecule has 1 heterocycles. The van der Waals surface area contributed by atoms with E-state index in [1.54, 1.807) is 24.3 Å². The van der Waals surface area contributed by atoms with E-state index >= 15 is 0 Å². The lowest BCUT2D eigenvalue weighted by molar-refractivity contribution is -0.268. The van der Waals surface area contributed by atoms with E-state index in [0.29, 0.717) is 10.9 Å². The molecule has 0 fully saturated rings. The Morgan fingerprint density at radius 3 is 2.58 bits per heavy atom. The number of rotatable bonds is 4. The maximum absolute atomic E-state index is 12.6. The number of sulfonamides is 1. The molecule has 0 aliphatic rings. The first-order valence-electron chi connectivity index (χ1n) is 6.79. The smallest absolute Gasteiger partial charge is 0.335 e. The van der Waals surface area contributed by atoms with E-state index in [-0.39, 0.29) is 10.6 Å². The zero-order chi connectivity index (χ0) is 17.3. The summed E-state index contributed by atoms with van der Waals surface area (Å²) in [5.74, 6) is -2.15. The third kappa shape index (κ3) is 2.86. The molecule has 0 atom stereocenters. The van der Waals surface area contributed by atoms with Crippen molar-refractivity contribution in [3.05, 3.63) is 60.3 Å². The highest BCUT2D eigenvalue weighted by molar-refractivity contribution is 7.93. The number of hydrogen-bond acceptors (Lipinski definition) is 5. The highest BCUT2D eigenvalue weighted by Crippen LogP contribution is 2.25. The Labute approximate surface area is 137 Å². The van der Waals surface area contributed by atoms with Crippen LogP contribution in [0.1, 0.15) is 10.4 Å². The number of nitrogens with zero attached hydrogens (tertiary/aromatic N) is 1. The summed E-state index contributed by atoms with van der Waals surface area (Å²) in [7, 11) is -3.99. The number of hydrogen-bond donors (Lipinski definition) is 2. The van der Waals surface area contributed by atoms with Crippen molar-refractivity contribution >= 4 is 32.6 Å². The summed E-state index contributed by atoms with van der Waals surface area (Å²) in [6.07, 6.45) is 1.48. The van der Waals surface area contributed by atoms with Crippen LogP contribution >= 0.6 is 0 Å². The molecule has 3 aromatic rings. The van der Waals surface area contributed by atoms with Gasteiger partial charge in [0.05, 0.1) is 11.1 Å². The van der Waals surface area contributed by atoms with E-state index in [1.165, 1.54) is 18.3 Å². The van der Waals surface area contributed by atoms with Gasteiger partial charge >= 0.3 is 5.97 Å². The molecular formula is C16H11N2O5S-. The van der Waals surface area contributed by atoms with Crippen molar-refractivity contribution in [2.45, 2.75) is 4.90 Å². The van der Waals surface area contributed by atoms with Gasteiger partial charge in [-0.3, -0.25) is 9.71 Å². The Hall–Kier alpha value is -3.13. The van der Waals surface area contributed by atoms with Gasteiger partial charge < -0.3 is 10.2 Å². The topological polar surface area (TPSA) is 119 Å². The lowest BCUT2D eigenvalue weighted by Gasteiger charge is -2.14. The van der Waals surface area contributed by atoms with E-state index in [4.69, 9.17) is 5.11 Å². The van der Waals surface area contributed by atoms with Gasteiger partial charge in [0, 0.05) is 17.3 Å². The molecule has 0 saturated carbocycles. The zero-order valence-corrected chi connectivity index (χ0v) is 12.9. The van der Waals surface area contributed by atoms with Crippen LogP contribution in [0.25, 0.3) is 10.9 Å². The van der Waals surface area contributed by atoms with Gasteiger partial charge in [-0.15, -0.1) is 0 Å². The predicted octanol–water partition coefficient (Wildman–Crippen LogP) is 1.81. The molecule has 0 bridgehead atoms. The van der Waals surface area contributed by atoms with Crippen LogP contribution in [0, 0.1) is 0 Å². The summed E-state index contributed by atoms with van der Waals surface area (Å²) in [6, 6.07) is 11.4. The van der Waals surface area contributed by atoms with Gasteiger partial charge in [-0.2, -0.15) is 0 Å². The normalized spacial score (nSPS) is 11.3. The van der Waals surface area contributed by atoms with Crippen molar-refractivity contribution in [2.24, 2.45) is 0 Å². The van der Waals surface area contributed by atoms with Crippen LogP contribution in [-0.2, 0) is 10.0 Å². The number of aromatic nitrogens is 1. The Bertz CT molecular complexity index is 1040. The summed E-state index contributed by atoms with van der Waals surface area (Å²) in [5, 5.41) is 21.2. The minimum atomic E-state index is -3.99. The summed E-state index contributed by atoms with van der Waals surface area (Å²) >= 11 is 0. The fraction of sp³-hybridized carbons (Fsp3) is 0. The molecule has 0 aliphatic carbocycles. The second-order valence-electron chi connectivity index (χ2n) is 4.95. The first-order chi connectivity index (χ1) is 11.4. The Kier molecular flexibility index (Phi) is 3.82. The monoisotopic (exact) mass is 343 g/mol. The van der Waals surface area contributed by atoms with Crippen LogP contribution in [0.3, 0.4) is 0 Å². The average molecular weight is 343 g/mol. The predicted molar refractivity (Wildman–Crippen MR) is 85.4 cm³/mol. The molecule has 2 N–H and O–H groups in total. The van der Waals surface area contributed by atoms with Crippen LogP contribution in [0.5, 0.6) is 5.75 Å². The molecule has 7 nitrogen and oxygen atoms in total. The van der Waals surface area contributed by atoms with Gasteiger partial charge in [0.1, 0.15) is 4.90 Å². The number of para-hydroxylation sites is 1. The maximum atomic E-state index is 12.6. The molecule has 122 valence electrons. The van der Waals surface area contributed by atoms with E-state index in [2.05, 4.69) is 9.71 Å². The van der Waals surface area contributed by atoms with Gasteiger partial charge in [0.2, 0.25) is 0 Å². The zero-order valence-electron chi connectivity index (χ0n) is 12.1. The van der Waals surface area contributed by atoms with Crippen molar-refractivity contribution < 1.29 is 23.4 Å². The minimum Gasteiger partial charge on any atom is -0.872 e. The van der Waals surface area contributed by atoms with Crippen LogP contribution in [0.15, 0.2) is 59.6 Å². The lowest BCUT2D eigenvalue weighted by atomic mass is 10.2. The van der Waals surface area contributed by atoms with E-state index < -0.39 is 27.3 Å². The van der Waals surface area contributed by atoms with E-state index in [9.17, 15) is 18.3 Å². The summed E-state index contributed by atoms with van der Waals surface area (Å²) in [4.78, 5) is 14.9. The van der Waals surface area contributed by atoms with Crippen molar-refractivity contribution in [3.8, 4) is 5.75 Å². The highest BCUT2D eigenvalue weighted by Gasteiger charge is 2.18. The average Bonchev–Trinajstić information content (AvgIpc) is 2.53. The Morgan fingerprint density at radius 2 is 1.88 bits per heavy atom. The number of nitrogens with one attached hydrogen (secondary N) is 1. The van der Waals surface area contributed by atoms with Gasteiger partial charge in [0.25, 0.3) is 10.0 Å². The summed E-state index contributed by atoms with van der Waals surface area (Å²) in [5.41, 5.74) is -0.139. The quantitative estimate of drug-likeness (QED) is 0.745. The number of anilines is 1. The molecule has 0 radical (unpaired) electrons. The molecule has 8 heteroatoms. The molecule has 0 spiro atoms. The largest absolute Gasteiger partial charge is 0.872 e. The molecule has 24 heavy (non-hydrogen) atoms. The van der Waals surface area contributed by atoms with Crippen LogP contribution < -0.4 is 9.83 Å².